The number of nitrogens with zero attached hydrogens (tertiary/aromatic N) is 7. The van der Waals surface area contributed by atoms with Crippen LogP contribution in [0.15, 0.2) is 41.2 Å². The van der Waals surface area contributed by atoms with E-state index >= 15 is 0 Å². The van der Waals surface area contributed by atoms with Crippen molar-refractivity contribution in [3.63, 3.8) is 0 Å². The monoisotopic (exact) mass is 548 g/mol. The number of anilines is 4. The van der Waals surface area contributed by atoms with Crippen molar-refractivity contribution in [1.82, 2.24) is 30.1 Å². The molecule has 5 aromatic rings. The van der Waals surface area contributed by atoms with Gasteiger partial charge in [-0.3, -0.25) is 9.82 Å². The minimum atomic E-state index is -3.37. The number of aryl methyl sites for hydroxylation is 1. The van der Waals surface area contributed by atoms with Gasteiger partial charge in [-0.2, -0.15) is 10.1 Å². The highest BCUT2D eigenvalue weighted by molar-refractivity contribution is 7.92. The second-order valence-corrected chi connectivity index (χ2v) is 11.3. The van der Waals surface area contributed by atoms with Crippen molar-refractivity contribution < 1.29 is 12.8 Å². The molecule has 0 amide bonds. The molecule has 6 rings (SSSR count). The molecule has 0 radical (unpaired) electrons. The van der Waals surface area contributed by atoms with Crippen LogP contribution in [0.3, 0.4) is 0 Å². The summed E-state index contributed by atoms with van der Waals surface area (Å²) in [6.07, 6.45) is 3.65. The zero-order chi connectivity index (χ0) is 27.1. The summed E-state index contributed by atoms with van der Waals surface area (Å²) in [7, 11) is -3.37. The van der Waals surface area contributed by atoms with Crippen LogP contribution in [0, 0.1) is 6.92 Å². The van der Waals surface area contributed by atoms with Crippen molar-refractivity contribution in [1.29, 1.82) is 0 Å². The van der Waals surface area contributed by atoms with Crippen molar-refractivity contribution in [2.24, 2.45) is 0 Å². The molecule has 0 spiro atoms. The molecule has 0 aliphatic carbocycles. The number of hydrogen-bond donors (Lipinski definition) is 3. The lowest BCUT2D eigenvalue weighted by molar-refractivity contribution is 0.600. The van der Waals surface area contributed by atoms with Gasteiger partial charge in [0.25, 0.3) is 6.01 Å². The molecule has 1 fully saturated rings. The smallest absolute Gasteiger partial charge is 0.292 e. The number of sulfonamides is 1. The molecule has 4 N–H and O–H groups in total. The van der Waals surface area contributed by atoms with Crippen LogP contribution >= 0.6 is 0 Å². The number of oxazole rings is 1. The summed E-state index contributed by atoms with van der Waals surface area (Å²) < 4.78 is 32.3. The fourth-order valence-electron chi connectivity index (χ4n) is 4.97. The normalized spacial score (nSPS) is 14.4. The Morgan fingerprint density at radius 3 is 2.59 bits per heavy atom. The van der Waals surface area contributed by atoms with Gasteiger partial charge in [0.2, 0.25) is 10.0 Å². The number of benzene rings is 1. The molecule has 1 saturated heterocycles. The number of aromatic nitrogens is 6. The van der Waals surface area contributed by atoms with Crippen molar-refractivity contribution in [3.05, 3.63) is 42.4 Å². The van der Waals surface area contributed by atoms with E-state index in [0.717, 1.165) is 46.9 Å². The average molecular weight is 549 g/mol. The van der Waals surface area contributed by atoms with Gasteiger partial charge < -0.3 is 20.0 Å². The summed E-state index contributed by atoms with van der Waals surface area (Å²) >= 11 is 0. The number of nitrogens with two attached hydrogens (primary N) is 1. The Kier molecular flexibility index (Phi) is 6.17. The molecule has 13 nitrogen and oxygen atoms in total. The van der Waals surface area contributed by atoms with Crippen LogP contribution in [0.5, 0.6) is 0 Å². The minimum Gasteiger partial charge on any atom is -0.424 e. The molecule has 14 heteroatoms. The van der Waals surface area contributed by atoms with E-state index in [1.165, 1.54) is 6.33 Å². The zero-order valence-corrected chi connectivity index (χ0v) is 22.4. The van der Waals surface area contributed by atoms with E-state index in [4.69, 9.17) is 10.2 Å². The predicted octanol–water partition coefficient (Wildman–Crippen LogP) is 2.93. The Labute approximate surface area is 224 Å². The molecular formula is C25H28N10O3S. The highest BCUT2D eigenvalue weighted by atomic mass is 32.2. The maximum Gasteiger partial charge on any atom is 0.292 e. The molecule has 5 heterocycles. The maximum atomic E-state index is 12.1. The summed E-state index contributed by atoms with van der Waals surface area (Å²) in [4.78, 5) is 22.2. The Hall–Kier alpha value is -4.46. The van der Waals surface area contributed by atoms with Gasteiger partial charge >= 0.3 is 0 Å². The van der Waals surface area contributed by atoms with Gasteiger partial charge in [0.15, 0.2) is 11.2 Å². The van der Waals surface area contributed by atoms with Crippen LogP contribution in [0.25, 0.3) is 33.4 Å². The maximum absolute atomic E-state index is 12.1. The van der Waals surface area contributed by atoms with E-state index < -0.39 is 10.0 Å². The zero-order valence-electron chi connectivity index (χ0n) is 21.5. The number of aromatic amines is 1. The fraction of sp³-hybridized carbons (Fsp3) is 0.320. The molecule has 4 aromatic heterocycles. The number of hydrogen-bond acceptors (Lipinski definition) is 11. The molecule has 1 aromatic carbocycles. The van der Waals surface area contributed by atoms with E-state index in [9.17, 15) is 8.42 Å². The molecule has 0 bridgehead atoms. The summed E-state index contributed by atoms with van der Waals surface area (Å²) in [5, 5.41) is 8.36. The fourth-order valence-corrected chi connectivity index (χ4v) is 6.08. The first-order chi connectivity index (χ1) is 18.8. The summed E-state index contributed by atoms with van der Waals surface area (Å²) in [6.45, 7) is 6.63. The van der Waals surface area contributed by atoms with E-state index in [-0.39, 0.29) is 11.8 Å². The number of nitrogens with one attached hydrogen (secondary N) is 2. The van der Waals surface area contributed by atoms with Gasteiger partial charge in [0.1, 0.15) is 23.5 Å². The largest absolute Gasteiger partial charge is 0.424 e. The van der Waals surface area contributed by atoms with Gasteiger partial charge in [-0.15, -0.1) is 0 Å². The van der Waals surface area contributed by atoms with Crippen LogP contribution in [-0.2, 0) is 10.0 Å². The lowest BCUT2D eigenvalue weighted by Crippen LogP contribution is -2.47. The first-order valence-corrected chi connectivity index (χ1v) is 14.3. The summed E-state index contributed by atoms with van der Waals surface area (Å²) in [5.41, 5.74) is 10.6. The molecule has 1 aliphatic heterocycles. The van der Waals surface area contributed by atoms with Gasteiger partial charge in [-0.1, -0.05) is 6.92 Å². The van der Waals surface area contributed by atoms with Crippen LogP contribution in [-0.4, -0.2) is 70.5 Å². The number of nitrogen functional groups attached to an aromatic ring is 1. The first kappa shape index (κ1) is 24.9. The minimum absolute atomic E-state index is 0.0773. The summed E-state index contributed by atoms with van der Waals surface area (Å²) in [5.74, 6) is 1.71. The van der Waals surface area contributed by atoms with Crippen molar-refractivity contribution in [2.75, 3.05) is 52.2 Å². The second kappa shape index (κ2) is 9.69. The highest BCUT2D eigenvalue weighted by Gasteiger charge is 2.25. The van der Waals surface area contributed by atoms with Gasteiger partial charge in [0, 0.05) is 31.7 Å². The molecule has 0 saturated carbocycles. The van der Waals surface area contributed by atoms with Crippen molar-refractivity contribution in [2.45, 2.75) is 20.3 Å². The SMILES string of the molecule is CCCS(=O)(=O)Nc1cnc(N2CCN(c3ncnc4n[nH]c(-c5ccc6oc(N)nc6c5)c34)CC2)c(C)c1. The number of H-pyrrole nitrogens is 1. The summed E-state index contributed by atoms with van der Waals surface area (Å²) in [6, 6.07) is 7.60. The van der Waals surface area contributed by atoms with Crippen LogP contribution in [0.1, 0.15) is 18.9 Å². The number of pyridine rings is 1. The van der Waals surface area contributed by atoms with Crippen LogP contribution in [0.4, 0.5) is 23.3 Å². The average Bonchev–Trinajstić information content (AvgIpc) is 3.51. The lowest BCUT2D eigenvalue weighted by atomic mass is 10.1. The third kappa shape index (κ3) is 4.78. The van der Waals surface area contributed by atoms with Crippen LogP contribution in [0.2, 0.25) is 0 Å². The van der Waals surface area contributed by atoms with E-state index in [2.05, 4.69) is 44.7 Å². The second-order valence-electron chi connectivity index (χ2n) is 9.49. The van der Waals surface area contributed by atoms with Crippen molar-refractivity contribution >= 4 is 55.5 Å². The van der Waals surface area contributed by atoms with Gasteiger partial charge in [-0.05, 0) is 43.2 Å². The molecular weight excluding hydrogens is 520 g/mol. The van der Waals surface area contributed by atoms with E-state index in [1.807, 2.05) is 38.1 Å². The molecule has 202 valence electrons. The molecule has 39 heavy (non-hydrogen) atoms. The number of rotatable bonds is 7. The van der Waals surface area contributed by atoms with E-state index in [1.54, 1.807) is 6.20 Å². The topological polar surface area (TPSA) is 172 Å². The first-order valence-electron chi connectivity index (χ1n) is 12.6. The third-order valence-electron chi connectivity index (χ3n) is 6.70. The molecule has 0 atom stereocenters. The van der Waals surface area contributed by atoms with Gasteiger partial charge in [0.05, 0.1) is 28.7 Å². The van der Waals surface area contributed by atoms with Gasteiger partial charge in [-0.25, -0.2) is 23.4 Å². The highest BCUT2D eigenvalue weighted by Crippen LogP contribution is 2.34. The Morgan fingerprint density at radius 2 is 1.85 bits per heavy atom. The van der Waals surface area contributed by atoms with Crippen molar-refractivity contribution in [3.8, 4) is 11.3 Å². The Morgan fingerprint density at radius 1 is 1.08 bits per heavy atom. The molecule has 0 unspecified atom stereocenters. The molecule has 1 aliphatic rings. The lowest BCUT2D eigenvalue weighted by Gasteiger charge is -2.36. The van der Waals surface area contributed by atoms with E-state index in [0.29, 0.717) is 41.9 Å². The third-order valence-corrected chi connectivity index (χ3v) is 8.19. The standard InChI is InChI=1S/C25H28N10O3S/c1-3-10-39(36,37)33-17-11-15(2)23(27-13-17)34-6-8-35(9-7-34)24-20-21(31-32-22(20)28-14-29-24)16-4-5-19-18(12-16)30-25(26)38-19/h4-5,11-14,33H,3,6-10H2,1-2H3,(H2,26,30)(H,28,29,31,32). The predicted molar refractivity (Wildman–Crippen MR) is 150 cm³/mol. The Bertz CT molecular complexity index is 1770. The van der Waals surface area contributed by atoms with Crippen LogP contribution < -0.4 is 20.3 Å². The number of fused-ring (bicyclic) bond motifs is 2. The quantitative estimate of drug-likeness (QED) is 0.273. The Balaban J connectivity index is 1.23. The number of piperazine rings is 1.